The number of carbonyl (C=O) groups is 1. The first-order chi connectivity index (χ1) is 5.67. The highest BCUT2D eigenvalue weighted by molar-refractivity contribution is 7.92. The first-order valence-electron chi connectivity index (χ1n) is 4.38. The Kier molecular flexibility index (Phi) is 4.10. The van der Waals surface area contributed by atoms with E-state index < -0.39 is 14.6 Å². The fourth-order valence-corrected chi connectivity index (χ4v) is 1.95. The van der Waals surface area contributed by atoms with Crippen molar-refractivity contribution in [3.05, 3.63) is 0 Å². The second-order valence-electron chi connectivity index (χ2n) is 4.24. The molecule has 0 amide bonds. The lowest BCUT2D eigenvalue weighted by molar-refractivity contribution is -0.117. The van der Waals surface area contributed by atoms with Crippen molar-refractivity contribution in [2.24, 2.45) is 0 Å². The minimum absolute atomic E-state index is 0.0455. The van der Waals surface area contributed by atoms with Gasteiger partial charge in [-0.2, -0.15) is 0 Å². The molecule has 0 fully saturated rings. The van der Waals surface area contributed by atoms with E-state index in [2.05, 4.69) is 0 Å². The molecule has 0 radical (unpaired) electrons. The maximum Gasteiger partial charge on any atom is 0.155 e. The van der Waals surface area contributed by atoms with Crippen molar-refractivity contribution in [1.29, 1.82) is 0 Å². The van der Waals surface area contributed by atoms with E-state index in [1.54, 1.807) is 20.8 Å². The van der Waals surface area contributed by atoms with E-state index in [0.717, 1.165) is 0 Å². The Balaban J connectivity index is 4.15. The Morgan fingerprint density at radius 3 is 2.00 bits per heavy atom. The number of rotatable bonds is 4. The van der Waals surface area contributed by atoms with Gasteiger partial charge in [0.15, 0.2) is 9.84 Å². The van der Waals surface area contributed by atoms with Crippen molar-refractivity contribution < 1.29 is 13.2 Å². The maximum absolute atomic E-state index is 11.5. The summed E-state index contributed by atoms with van der Waals surface area (Å²) in [4.78, 5) is 10.6. The molecule has 0 unspecified atom stereocenters. The molecule has 0 aromatic heterocycles. The van der Waals surface area contributed by atoms with Crippen LogP contribution >= 0.6 is 0 Å². The lowest BCUT2D eigenvalue weighted by atomic mass is 10.2. The van der Waals surface area contributed by atoms with Crippen LogP contribution in [0.15, 0.2) is 0 Å². The van der Waals surface area contributed by atoms with Gasteiger partial charge in [-0.25, -0.2) is 8.42 Å². The molecule has 0 saturated heterocycles. The van der Waals surface area contributed by atoms with Gasteiger partial charge in [-0.1, -0.05) is 0 Å². The Morgan fingerprint density at radius 2 is 1.69 bits per heavy atom. The SMILES string of the molecule is CC(=O)CCCS(=O)(=O)C(C)(C)C. The number of sulfone groups is 1. The first-order valence-corrected chi connectivity index (χ1v) is 6.04. The summed E-state index contributed by atoms with van der Waals surface area (Å²) in [6.07, 6.45) is 0.796. The average Bonchev–Trinajstić information content (AvgIpc) is 1.82. The molecule has 3 nitrogen and oxygen atoms in total. The maximum atomic E-state index is 11.5. The minimum atomic E-state index is -3.05. The first kappa shape index (κ1) is 12.6. The average molecular weight is 206 g/mol. The quantitative estimate of drug-likeness (QED) is 0.701. The molecule has 0 aliphatic carbocycles. The Bertz CT molecular complexity index is 270. The summed E-state index contributed by atoms with van der Waals surface area (Å²) in [5, 5.41) is 0. The Morgan fingerprint density at radius 1 is 1.23 bits per heavy atom. The van der Waals surface area contributed by atoms with E-state index in [-0.39, 0.29) is 11.5 Å². The lowest BCUT2D eigenvalue weighted by Crippen LogP contribution is -2.30. The van der Waals surface area contributed by atoms with Gasteiger partial charge in [-0.3, -0.25) is 0 Å². The molecule has 0 rings (SSSR count). The van der Waals surface area contributed by atoms with Crippen LogP contribution in [0.3, 0.4) is 0 Å². The summed E-state index contributed by atoms with van der Waals surface area (Å²) in [7, 11) is -3.05. The second-order valence-corrected chi connectivity index (χ2v) is 7.10. The third-order valence-electron chi connectivity index (χ3n) is 1.87. The van der Waals surface area contributed by atoms with Crippen molar-refractivity contribution in [2.75, 3.05) is 5.75 Å². The van der Waals surface area contributed by atoms with E-state index in [4.69, 9.17) is 0 Å². The molecule has 0 aliphatic heterocycles. The van der Waals surface area contributed by atoms with Crippen LogP contribution in [0.4, 0.5) is 0 Å². The van der Waals surface area contributed by atoms with Crippen LogP contribution in [0.5, 0.6) is 0 Å². The van der Waals surface area contributed by atoms with Gasteiger partial charge in [0, 0.05) is 6.42 Å². The number of hydrogen-bond acceptors (Lipinski definition) is 3. The summed E-state index contributed by atoms with van der Waals surface area (Å²) < 4.78 is 22.3. The predicted molar refractivity (Wildman–Crippen MR) is 53.5 cm³/mol. The summed E-state index contributed by atoms with van der Waals surface area (Å²) >= 11 is 0. The van der Waals surface area contributed by atoms with Gasteiger partial charge in [0.05, 0.1) is 10.5 Å². The second kappa shape index (κ2) is 4.22. The van der Waals surface area contributed by atoms with Gasteiger partial charge in [0.1, 0.15) is 5.78 Å². The van der Waals surface area contributed by atoms with Gasteiger partial charge in [-0.15, -0.1) is 0 Å². The smallest absolute Gasteiger partial charge is 0.155 e. The van der Waals surface area contributed by atoms with Crippen molar-refractivity contribution in [2.45, 2.75) is 45.3 Å². The zero-order chi connectivity index (χ0) is 10.7. The van der Waals surface area contributed by atoms with E-state index in [1.165, 1.54) is 6.92 Å². The van der Waals surface area contributed by atoms with Crippen LogP contribution in [0.2, 0.25) is 0 Å². The number of carbonyl (C=O) groups excluding carboxylic acids is 1. The minimum Gasteiger partial charge on any atom is -0.300 e. The Labute approximate surface area is 80.4 Å². The fraction of sp³-hybridized carbons (Fsp3) is 0.889. The summed E-state index contributed by atoms with van der Waals surface area (Å²) in [6, 6.07) is 0. The van der Waals surface area contributed by atoms with Crippen LogP contribution in [0.25, 0.3) is 0 Å². The van der Waals surface area contributed by atoms with Crippen molar-refractivity contribution >= 4 is 15.6 Å². The Hall–Kier alpha value is -0.380. The van der Waals surface area contributed by atoms with Crippen LogP contribution in [0, 0.1) is 0 Å². The molecule has 0 aromatic carbocycles. The monoisotopic (exact) mass is 206 g/mol. The highest BCUT2D eigenvalue weighted by atomic mass is 32.2. The van der Waals surface area contributed by atoms with Crippen LogP contribution in [-0.2, 0) is 14.6 Å². The molecule has 4 heteroatoms. The number of ketones is 1. The zero-order valence-corrected chi connectivity index (χ0v) is 9.57. The molecular formula is C9H18O3S. The molecule has 0 aliphatic rings. The van der Waals surface area contributed by atoms with E-state index in [9.17, 15) is 13.2 Å². The predicted octanol–water partition coefficient (Wildman–Crippen LogP) is 1.57. The molecule has 0 spiro atoms. The van der Waals surface area contributed by atoms with Crippen LogP contribution in [0.1, 0.15) is 40.5 Å². The van der Waals surface area contributed by atoms with Crippen molar-refractivity contribution in [1.82, 2.24) is 0 Å². The third-order valence-corrected chi connectivity index (χ3v) is 4.57. The normalized spacial score (nSPS) is 12.9. The van der Waals surface area contributed by atoms with Crippen molar-refractivity contribution in [3.8, 4) is 0 Å². The third kappa shape index (κ3) is 4.41. The molecular weight excluding hydrogens is 188 g/mol. The van der Waals surface area contributed by atoms with Crippen LogP contribution < -0.4 is 0 Å². The fourth-order valence-electron chi connectivity index (χ4n) is 0.817. The van der Waals surface area contributed by atoms with Gasteiger partial charge >= 0.3 is 0 Å². The van der Waals surface area contributed by atoms with Crippen LogP contribution in [-0.4, -0.2) is 24.7 Å². The largest absolute Gasteiger partial charge is 0.300 e. The highest BCUT2D eigenvalue weighted by Crippen LogP contribution is 2.17. The molecule has 0 bridgehead atoms. The van der Waals surface area contributed by atoms with E-state index in [0.29, 0.717) is 12.8 Å². The molecule has 0 N–H and O–H groups in total. The molecule has 0 atom stereocenters. The summed E-state index contributed by atoms with van der Waals surface area (Å²) in [5.41, 5.74) is 0. The molecule has 0 heterocycles. The van der Waals surface area contributed by atoms with E-state index >= 15 is 0 Å². The topological polar surface area (TPSA) is 51.2 Å². The molecule has 13 heavy (non-hydrogen) atoms. The van der Waals surface area contributed by atoms with Gasteiger partial charge < -0.3 is 4.79 Å². The van der Waals surface area contributed by atoms with Crippen molar-refractivity contribution in [3.63, 3.8) is 0 Å². The highest BCUT2D eigenvalue weighted by Gasteiger charge is 2.28. The molecule has 0 aromatic rings. The molecule has 78 valence electrons. The summed E-state index contributed by atoms with van der Waals surface area (Å²) in [6.45, 7) is 6.51. The van der Waals surface area contributed by atoms with Gasteiger partial charge in [0.2, 0.25) is 0 Å². The zero-order valence-electron chi connectivity index (χ0n) is 8.75. The van der Waals surface area contributed by atoms with Gasteiger partial charge in [-0.05, 0) is 34.1 Å². The number of Topliss-reactive ketones (excluding diaryl/α,β-unsaturated/α-hetero) is 1. The lowest BCUT2D eigenvalue weighted by Gasteiger charge is -2.18. The van der Waals surface area contributed by atoms with E-state index in [1.807, 2.05) is 0 Å². The number of hydrogen-bond donors (Lipinski definition) is 0. The summed E-state index contributed by atoms with van der Waals surface area (Å²) in [5.74, 6) is 0.153. The standard InChI is InChI=1S/C9H18O3S/c1-8(10)6-5-7-13(11,12)9(2,3)4/h5-7H2,1-4H3. The van der Waals surface area contributed by atoms with Gasteiger partial charge in [0.25, 0.3) is 0 Å². The molecule has 0 saturated carbocycles.